The summed E-state index contributed by atoms with van der Waals surface area (Å²) >= 11 is 0. The molecule has 5 nitrogen and oxygen atoms in total. The van der Waals surface area contributed by atoms with Crippen molar-refractivity contribution in [3.8, 4) is 11.5 Å². The van der Waals surface area contributed by atoms with Crippen LogP contribution in [0.1, 0.15) is 18.4 Å². The van der Waals surface area contributed by atoms with E-state index >= 15 is 0 Å². The first-order valence-corrected chi connectivity index (χ1v) is 6.29. The number of aryl methyl sites for hydroxylation is 1. The Hall–Kier alpha value is -1.75. The van der Waals surface area contributed by atoms with E-state index in [1.165, 1.54) is 0 Å². The molecule has 5 heteroatoms. The van der Waals surface area contributed by atoms with Crippen LogP contribution in [0.3, 0.4) is 0 Å². The van der Waals surface area contributed by atoms with Gasteiger partial charge in [0.25, 0.3) is 0 Å². The van der Waals surface area contributed by atoms with Crippen molar-refractivity contribution in [2.75, 3.05) is 33.1 Å². The van der Waals surface area contributed by atoms with Crippen molar-refractivity contribution in [1.29, 1.82) is 0 Å². The Balaban J connectivity index is 2.75. The van der Waals surface area contributed by atoms with Crippen LogP contribution in [0.2, 0.25) is 0 Å². The highest BCUT2D eigenvalue weighted by molar-refractivity contribution is 5.92. The van der Waals surface area contributed by atoms with Crippen molar-refractivity contribution >= 4 is 11.6 Å². The number of carbonyl (C=O) groups excluding carboxylic acids is 1. The zero-order chi connectivity index (χ0) is 14.3. The van der Waals surface area contributed by atoms with Crippen LogP contribution in [0.15, 0.2) is 12.1 Å². The van der Waals surface area contributed by atoms with E-state index in [9.17, 15) is 4.79 Å². The van der Waals surface area contributed by atoms with E-state index in [0.717, 1.165) is 24.2 Å². The Morgan fingerprint density at radius 2 is 1.84 bits per heavy atom. The summed E-state index contributed by atoms with van der Waals surface area (Å²) in [5.41, 5.74) is 1.70. The maximum Gasteiger partial charge on any atom is 0.224 e. The fourth-order valence-corrected chi connectivity index (χ4v) is 1.75. The van der Waals surface area contributed by atoms with Gasteiger partial charge in [0.2, 0.25) is 5.91 Å². The van der Waals surface area contributed by atoms with Crippen molar-refractivity contribution in [2.45, 2.75) is 19.8 Å². The monoisotopic (exact) mass is 266 g/mol. The standard InChI is InChI=1S/C14H22N2O3/c1-10-8-12(18-3)13(19-4)9-11(10)16-14(17)6-5-7-15-2/h8-9,15H,5-7H2,1-4H3,(H,16,17). The van der Waals surface area contributed by atoms with E-state index in [-0.39, 0.29) is 5.91 Å². The number of amides is 1. The van der Waals surface area contributed by atoms with Gasteiger partial charge in [-0.1, -0.05) is 0 Å². The molecule has 0 atom stereocenters. The number of nitrogens with one attached hydrogen (secondary N) is 2. The molecule has 0 fully saturated rings. The SMILES string of the molecule is CNCCCC(=O)Nc1cc(OC)c(OC)cc1C. The number of methoxy groups -OCH3 is 2. The number of carbonyl (C=O) groups is 1. The zero-order valence-electron chi connectivity index (χ0n) is 12.0. The van der Waals surface area contributed by atoms with E-state index in [4.69, 9.17) is 9.47 Å². The summed E-state index contributed by atoms with van der Waals surface area (Å²) in [4.78, 5) is 11.8. The lowest BCUT2D eigenvalue weighted by Gasteiger charge is -2.13. The molecule has 0 unspecified atom stereocenters. The summed E-state index contributed by atoms with van der Waals surface area (Å²) in [6.45, 7) is 2.75. The Kier molecular flexibility index (Phi) is 6.15. The third-order valence-corrected chi connectivity index (χ3v) is 2.84. The van der Waals surface area contributed by atoms with Gasteiger partial charge in [-0.2, -0.15) is 0 Å². The normalized spacial score (nSPS) is 10.1. The summed E-state index contributed by atoms with van der Waals surface area (Å²) in [6, 6.07) is 3.63. The van der Waals surface area contributed by atoms with Gasteiger partial charge in [0, 0.05) is 18.2 Å². The first-order chi connectivity index (χ1) is 9.12. The number of anilines is 1. The minimum atomic E-state index is 0.00516. The predicted molar refractivity (Wildman–Crippen MR) is 76.1 cm³/mol. The predicted octanol–water partition coefficient (Wildman–Crippen LogP) is 1.95. The smallest absolute Gasteiger partial charge is 0.224 e. The topological polar surface area (TPSA) is 59.6 Å². The maximum atomic E-state index is 11.8. The minimum Gasteiger partial charge on any atom is -0.493 e. The van der Waals surface area contributed by atoms with E-state index in [0.29, 0.717) is 17.9 Å². The molecule has 1 rings (SSSR count). The molecule has 1 amide bonds. The molecule has 106 valence electrons. The molecule has 0 radical (unpaired) electrons. The van der Waals surface area contributed by atoms with Crippen LogP contribution in [-0.4, -0.2) is 33.7 Å². The van der Waals surface area contributed by atoms with Gasteiger partial charge in [0.05, 0.1) is 14.2 Å². The van der Waals surface area contributed by atoms with Gasteiger partial charge in [-0.15, -0.1) is 0 Å². The van der Waals surface area contributed by atoms with E-state index in [1.54, 1.807) is 20.3 Å². The van der Waals surface area contributed by atoms with Gasteiger partial charge in [-0.25, -0.2) is 0 Å². The second kappa shape index (κ2) is 7.63. The molecule has 1 aromatic carbocycles. The van der Waals surface area contributed by atoms with Crippen LogP contribution in [0.4, 0.5) is 5.69 Å². The molecular weight excluding hydrogens is 244 g/mol. The summed E-state index contributed by atoms with van der Waals surface area (Å²) in [5, 5.41) is 5.91. The Morgan fingerprint density at radius 1 is 1.21 bits per heavy atom. The largest absolute Gasteiger partial charge is 0.493 e. The van der Waals surface area contributed by atoms with Gasteiger partial charge >= 0.3 is 0 Å². The van der Waals surface area contributed by atoms with Crippen molar-refractivity contribution in [2.24, 2.45) is 0 Å². The average molecular weight is 266 g/mol. The summed E-state index contributed by atoms with van der Waals surface area (Å²) in [6.07, 6.45) is 1.31. The van der Waals surface area contributed by atoms with E-state index in [1.807, 2.05) is 20.0 Å². The fraction of sp³-hybridized carbons (Fsp3) is 0.500. The van der Waals surface area contributed by atoms with Gasteiger partial charge in [-0.3, -0.25) is 4.79 Å². The molecule has 0 spiro atoms. The molecule has 0 saturated heterocycles. The molecule has 0 bridgehead atoms. The number of benzene rings is 1. The highest BCUT2D eigenvalue weighted by atomic mass is 16.5. The summed E-state index contributed by atoms with van der Waals surface area (Å²) in [5.74, 6) is 1.28. The average Bonchev–Trinajstić information content (AvgIpc) is 2.40. The summed E-state index contributed by atoms with van der Waals surface area (Å²) in [7, 11) is 5.04. The highest BCUT2D eigenvalue weighted by Gasteiger charge is 2.10. The second-order valence-corrected chi connectivity index (χ2v) is 4.28. The fourth-order valence-electron chi connectivity index (χ4n) is 1.75. The maximum absolute atomic E-state index is 11.8. The van der Waals surface area contributed by atoms with Crippen LogP contribution in [-0.2, 0) is 4.79 Å². The van der Waals surface area contributed by atoms with Gasteiger partial charge in [-0.05, 0) is 38.6 Å². The third-order valence-electron chi connectivity index (χ3n) is 2.84. The molecule has 1 aromatic rings. The number of hydrogen-bond donors (Lipinski definition) is 2. The third kappa shape index (κ3) is 4.44. The van der Waals surface area contributed by atoms with Crippen LogP contribution in [0.25, 0.3) is 0 Å². The molecule has 2 N–H and O–H groups in total. The Morgan fingerprint density at radius 3 is 2.42 bits per heavy atom. The molecule has 0 aliphatic carbocycles. The van der Waals surface area contributed by atoms with Crippen molar-refractivity contribution < 1.29 is 14.3 Å². The lowest BCUT2D eigenvalue weighted by Crippen LogP contribution is -2.15. The number of rotatable bonds is 7. The van der Waals surface area contributed by atoms with E-state index < -0.39 is 0 Å². The Bertz CT molecular complexity index is 433. The zero-order valence-corrected chi connectivity index (χ0v) is 12.0. The Labute approximate surface area is 114 Å². The first-order valence-electron chi connectivity index (χ1n) is 6.29. The van der Waals surface area contributed by atoms with Crippen molar-refractivity contribution in [3.05, 3.63) is 17.7 Å². The lowest BCUT2D eigenvalue weighted by atomic mass is 10.1. The summed E-state index contributed by atoms with van der Waals surface area (Å²) < 4.78 is 10.4. The number of ether oxygens (including phenoxy) is 2. The van der Waals surface area contributed by atoms with Crippen LogP contribution in [0.5, 0.6) is 11.5 Å². The van der Waals surface area contributed by atoms with Gasteiger partial charge in [0.15, 0.2) is 11.5 Å². The van der Waals surface area contributed by atoms with Crippen LogP contribution < -0.4 is 20.1 Å². The molecule has 0 heterocycles. The van der Waals surface area contributed by atoms with Crippen molar-refractivity contribution in [3.63, 3.8) is 0 Å². The molecule has 19 heavy (non-hydrogen) atoms. The number of hydrogen-bond acceptors (Lipinski definition) is 4. The quantitative estimate of drug-likeness (QED) is 0.741. The molecule has 0 saturated carbocycles. The molecular formula is C14H22N2O3. The van der Waals surface area contributed by atoms with Gasteiger partial charge in [0.1, 0.15) is 0 Å². The highest BCUT2D eigenvalue weighted by Crippen LogP contribution is 2.32. The van der Waals surface area contributed by atoms with E-state index in [2.05, 4.69) is 10.6 Å². The second-order valence-electron chi connectivity index (χ2n) is 4.28. The molecule has 0 aliphatic heterocycles. The molecule has 0 aromatic heterocycles. The van der Waals surface area contributed by atoms with Gasteiger partial charge < -0.3 is 20.1 Å². The van der Waals surface area contributed by atoms with Crippen LogP contribution >= 0.6 is 0 Å². The first kappa shape index (κ1) is 15.3. The lowest BCUT2D eigenvalue weighted by molar-refractivity contribution is -0.116. The van der Waals surface area contributed by atoms with Crippen molar-refractivity contribution in [1.82, 2.24) is 5.32 Å². The molecule has 0 aliphatic rings. The van der Waals surface area contributed by atoms with Crippen LogP contribution in [0, 0.1) is 6.92 Å². The minimum absolute atomic E-state index is 0.00516.